The predicted molar refractivity (Wildman–Crippen MR) is 182 cm³/mol. The van der Waals surface area contributed by atoms with Crippen LogP contribution in [0.15, 0.2) is 36.7 Å². The SMILES string of the molecule is COC1(c2ccnc(C#N)c2)C2CCCC1CN(C13CC(C1)C3)C2.[C-]#[N+]c1cc(C2(OC)C3CCCC2CN(C24CC(C2)C4)C3)ccn1. The molecule has 252 valence electrons. The lowest BCUT2D eigenvalue weighted by molar-refractivity contribution is -0.226. The fourth-order valence-corrected chi connectivity index (χ4v) is 12.6. The van der Waals surface area contributed by atoms with Gasteiger partial charge in [-0.3, -0.25) is 9.80 Å². The molecule has 8 bridgehead atoms. The van der Waals surface area contributed by atoms with Crippen LogP contribution < -0.4 is 0 Å². The summed E-state index contributed by atoms with van der Waals surface area (Å²) in [5.74, 6) is 4.66. The topological polar surface area (TPSA) is 78.9 Å². The Kier molecular flexibility index (Phi) is 7.34. The molecule has 10 aliphatic rings. The molecule has 2 aliphatic heterocycles. The Morgan fingerprint density at radius 1 is 0.729 bits per heavy atom. The number of hydrogen-bond acceptors (Lipinski definition) is 7. The lowest BCUT2D eigenvalue weighted by atomic mass is 9.48. The summed E-state index contributed by atoms with van der Waals surface area (Å²) in [5.41, 5.74) is 3.51. The van der Waals surface area contributed by atoms with E-state index >= 15 is 0 Å². The molecule has 12 rings (SSSR count). The highest BCUT2D eigenvalue weighted by molar-refractivity contribution is 5.42. The van der Waals surface area contributed by atoms with Crippen LogP contribution in [0.4, 0.5) is 5.82 Å². The maximum Gasteiger partial charge on any atom is 0.269 e. The quantitative estimate of drug-likeness (QED) is 0.318. The molecule has 4 unspecified atom stereocenters. The standard InChI is InChI=1S/2C20H25N3O/c1-21-18-8-15(6-7-22-18)20(24-2)16-4-3-5-17(20)13-23(12-16)19-9-14(10-19)11-19;1-24-20(15-5-6-22-18(7-15)11-21)16-3-2-4-17(20)13-23(12-16)19-8-14(9-19)10-19/h6-8,14,16-17H,3-5,9-13H2,2H3;5-7,14,16-17H,2-4,8-10,12-13H2,1H3. The van der Waals surface area contributed by atoms with Crippen LogP contribution in [0.25, 0.3) is 4.85 Å². The van der Waals surface area contributed by atoms with Crippen molar-refractivity contribution in [3.8, 4) is 6.07 Å². The third kappa shape index (κ3) is 4.32. The summed E-state index contributed by atoms with van der Waals surface area (Å²) in [6.45, 7) is 11.9. The number of nitrogens with zero attached hydrogens (tertiary/aromatic N) is 6. The normalized spacial score (nSPS) is 43.4. The second-order valence-corrected chi connectivity index (χ2v) is 16.9. The van der Waals surface area contributed by atoms with Gasteiger partial charge < -0.3 is 14.3 Å². The van der Waals surface area contributed by atoms with Crippen LogP contribution in [0.3, 0.4) is 0 Å². The number of methoxy groups -OCH3 is 2. The van der Waals surface area contributed by atoms with Crippen molar-refractivity contribution in [2.45, 2.75) is 99.3 Å². The summed E-state index contributed by atoms with van der Waals surface area (Å²) in [7, 11) is 3.74. The van der Waals surface area contributed by atoms with Crippen molar-refractivity contribution in [2.75, 3.05) is 40.4 Å². The molecule has 10 fully saturated rings. The van der Waals surface area contributed by atoms with Crippen LogP contribution in [0.2, 0.25) is 0 Å². The maximum absolute atomic E-state index is 9.25. The number of ether oxygens (including phenoxy) is 2. The molecule has 4 heterocycles. The van der Waals surface area contributed by atoms with Crippen molar-refractivity contribution in [2.24, 2.45) is 35.5 Å². The van der Waals surface area contributed by atoms with Gasteiger partial charge in [0.2, 0.25) is 0 Å². The Hall–Kier alpha value is -2.88. The Balaban J connectivity index is 0.000000131. The molecular weight excluding hydrogens is 596 g/mol. The van der Waals surface area contributed by atoms with Crippen molar-refractivity contribution < 1.29 is 9.47 Å². The molecule has 8 heteroatoms. The van der Waals surface area contributed by atoms with E-state index in [0.29, 0.717) is 46.3 Å². The average Bonchev–Trinajstić information content (AvgIpc) is 3.01. The highest BCUT2D eigenvalue weighted by Gasteiger charge is 2.65. The van der Waals surface area contributed by atoms with Gasteiger partial charge in [0.1, 0.15) is 23.6 Å². The van der Waals surface area contributed by atoms with E-state index in [1.807, 2.05) is 26.4 Å². The summed E-state index contributed by atoms with van der Waals surface area (Å²) in [6.07, 6.45) is 19.7. The van der Waals surface area contributed by atoms with Crippen molar-refractivity contribution in [3.05, 3.63) is 64.9 Å². The minimum Gasteiger partial charge on any atom is -0.373 e. The van der Waals surface area contributed by atoms with E-state index in [0.717, 1.165) is 38.0 Å². The van der Waals surface area contributed by atoms with Gasteiger partial charge in [0, 0.05) is 81.3 Å². The van der Waals surface area contributed by atoms with Crippen molar-refractivity contribution >= 4 is 5.82 Å². The number of piperidine rings is 2. The Morgan fingerprint density at radius 3 is 1.54 bits per heavy atom. The molecule has 0 amide bonds. The van der Waals surface area contributed by atoms with Gasteiger partial charge in [-0.25, -0.2) is 4.98 Å². The van der Waals surface area contributed by atoms with Crippen LogP contribution in [0.1, 0.15) is 93.9 Å². The molecule has 2 aromatic heterocycles. The number of fused-ring (bicyclic) bond motifs is 4. The van der Waals surface area contributed by atoms with E-state index in [1.165, 1.54) is 88.2 Å². The zero-order valence-corrected chi connectivity index (χ0v) is 28.7. The van der Waals surface area contributed by atoms with Crippen LogP contribution in [-0.2, 0) is 20.7 Å². The van der Waals surface area contributed by atoms with Gasteiger partial charge in [-0.1, -0.05) is 19.4 Å². The molecule has 0 radical (unpaired) electrons. The average molecular weight is 647 g/mol. The number of rotatable bonds is 6. The largest absolute Gasteiger partial charge is 0.373 e. The number of aromatic nitrogens is 2. The molecule has 0 spiro atoms. The summed E-state index contributed by atoms with van der Waals surface area (Å²) < 4.78 is 12.6. The monoisotopic (exact) mass is 646 g/mol. The second-order valence-electron chi connectivity index (χ2n) is 16.9. The van der Waals surface area contributed by atoms with Gasteiger partial charge in [-0.05, 0) is 111 Å². The molecule has 4 atom stereocenters. The second kappa shape index (κ2) is 11.3. The first-order valence-electron chi connectivity index (χ1n) is 18.7. The lowest BCUT2D eigenvalue weighted by Gasteiger charge is -2.70. The van der Waals surface area contributed by atoms with Crippen LogP contribution in [0.5, 0.6) is 0 Å². The van der Waals surface area contributed by atoms with E-state index in [-0.39, 0.29) is 11.2 Å². The zero-order valence-electron chi connectivity index (χ0n) is 28.7. The zero-order chi connectivity index (χ0) is 32.7. The Morgan fingerprint density at radius 2 is 1.17 bits per heavy atom. The number of likely N-dealkylation sites (tertiary alicyclic amines) is 2. The van der Waals surface area contributed by atoms with Crippen LogP contribution in [-0.4, -0.2) is 71.2 Å². The van der Waals surface area contributed by atoms with Crippen molar-refractivity contribution in [1.82, 2.24) is 19.8 Å². The fourth-order valence-electron chi connectivity index (χ4n) is 12.6. The van der Waals surface area contributed by atoms with Gasteiger partial charge >= 0.3 is 0 Å². The molecule has 8 saturated carbocycles. The van der Waals surface area contributed by atoms with Crippen molar-refractivity contribution in [1.29, 1.82) is 5.26 Å². The highest BCUT2D eigenvalue weighted by atomic mass is 16.5. The van der Waals surface area contributed by atoms with Crippen LogP contribution >= 0.6 is 0 Å². The summed E-state index contributed by atoms with van der Waals surface area (Å²) >= 11 is 0. The first kappa shape index (κ1) is 31.1. The van der Waals surface area contributed by atoms with E-state index in [9.17, 15) is 5.26 Å². The number of pyridine rings is 2. The molecule has 2 aromatic rings. The third-order valence-corrected chi connectivity index (χ3v) is 15.1. The Bertz CT molecular complexity index is 1480. The predicted octanol–water partition coefficient (Wildman–Crippen LogP) is 6.84. The summed E-state index contributed by atoms with van der Waals surface area (Å²) in [4.78, 5) is 17.5. The van der Waals surface area contributed by atoms with E-state index in [2.05, 4.69) is 42.8 Å². The smallest absolute Gasteiger partial charge is 0.269 e. The van der Waals surface area contributed by atoms with Gasteiger partial charge in [0.25, 0.3) is 5.82 Å². The third-order valence-electron chi connectivity index (χ3n) is 15.1. The highest BCUT2D eigenvalue weighted by Crippen LogP contribution is 2.65. The molecule has 2 saturated heterocycles. The summed E-state index contributed by atoms with van der Waals surface area (Å²) in [5, 5.41) is 9.25. The van der Waals surface area contributed by atoms with Crippen molar-refractivity contribution in [3.63, 3.8) is 0 Å². The maximum atomic E-state index is 9.25. The van der Waals surface area contributed by atoms with Gasteiger partial charge in [-0.15, -0.1) is 4.98 Å². The van der Waals surface area contributed by atoms with Gasteiger partial charge in [-0.2, -0.15) is 5.26 Å². The first-order chi connectivity index (χ1) is 23.4. The molecule has 8 nitrogen and oxygen atoms in total. The molecule has 0 N–H and O–H groups in total. The van der Waals surface area contributed by atoms with E-state index < -0.39 is 0 Å². The number of nitriles is 1. The molecule has 48 heavy (non-hydrogen) atoms. The molecular formula is C40H50N6O2. The number of hydrogen-bond donors (Lipinski definition) is 0. The summed E-state index contributed by atoms with van der Waals surface area (Å²) in [6, 6.07) is 10.3. The van der Waals surface area contributed by atoms with Gasteiger partial charge in [0.05, 0.1) is 5.60 Å². The Labute approximate surface area is 286 Å². The van der Waals surface area contributed by atoms with Gasteiger partial charge in [0.15, 0.2) is 0 Å². The first-order valence-corrected chi connectivity index (χ1v) is 18.7. The molecule has 0 aromatic carbocycles. The minimum absolute atomic E-state index is 0.222. The van der Waals surface area contributed by atoms with Crippen LogP contribution in [0, 0.1) is 53.4 Å². The molecule has 8 aliphatic carbocycles. The van der Waals surface area contributed by atoms with E-state index in [4.69, 9.17) is 16.0 Å². The minimum atomic E-state index is -0.229. The fraction of sp³-hybridized carbons (Fsp3) is 0.700. The van der Waals surface area contributed by atoms with E-state index in [1.54, 1.807) is 12.4 Å². The lowest BCUT2D eigenvalue weighted by Crippen LogP contribution is -2.73.